The second kappa shape index (κ2) is 5.28. The molecule has 8 heteroatoms. The average molecular weight is 322 g/mol. The highest BCUT2D eigenvalue weighted by molar-refractivity contribution is 6.44. The molecular formula is C11H4Cl3FN2O2. The minimum atomic E-state index is -0.813. The van der Waals surface area contributed by atoms with Crippen LogP contribution in [0.25, 0.3) is 11.3 Å². The molecule has 0 saturated carbocycles. The lowest BCUT2D eigenvalue weighted by atomic mass is 10.1. The van der Waals surface area contributed by atoms with Gasteiger partial charge in [0.25, 0.3) is 5.69 Å². The molecule has 0 spiro atoms. The quantitative estimate of drug-likeness (QED) is 0.455. The van der Waals surface area contributed by atoms with Crippen molar-refractivity contribution in [2.75, 3.05) is 0 Å². The van der Waals surface area contributed by atoms with E-state index < -0.39 is 16.4 Å². The van der Waals surface area contributed by atoms with Crippen LogP contribution in [0, 0.1) is 15.9 Å². The lowest BCUT2D eigenvalue weighted by Gasteiger charge is -2.06. The van der Waals surface area contributed by atoms with Gasteiger partial charge >= 0.3 is 0 Å². The van der Waals surface area contributed by atoms with Gasteiger partial charge in [0.05, 0.1) is 32.3 Å². The maximum absolute atomic E-state index is 13.0. The standard InChI is InChI=1S/C11H4Cl3FN2O2/c12-7-3-9(14)8(13)2-6(7)11-10(17(18)19)1-5(15)4-16-11/h1-4H. The van der Waals surface area contributed by atoms with Crippen molar-refractivity contribution in [2.24, 2.45) is 0 Å². The van der Waals surface area contributed by atoms with Crippen molar-refractivity contribution in [1.29, 1.82) is 0 Å². The smallest absolute Gasteiger partial charge is 0.258 e. The van der Waals surface area contributed by atoms with Crippen molar-refractivity contribution >= 4 is 40.5 Å². The third-order valence-electron chi connectivity index (χ3n) is 2.30. The molecule has 0 N–H and O–H groups in total. The van der Waals surface area contributed by atoms with Crippen molar-refractivity contribution in [3.63, 3.8) is 0 Å². The third kappa shape index (κ3) is 2.78. The monoisotopic (exact) mass is 320 g/mol. The van der Waals surface area contributed by atoms with E-state index in [4.69, 9.17) is 34.8 Å². The zero-order chi connectivity index (χ0) is 14.2. The molecule has 19 heavy (non-hydrogen) atoms. The Morgan fingerprint density at radius 1 is 1.11 bits per heavy atom. The molecule has 0 aliphatic rings. The fraction of sp³-hybridized carbons (Fsp3) is 0. The van der Waals surface area contributed by atoms with E-state index in [1.54, 1.807) is 0 Å². The van der Waals surface area contributed by atoms with Gasteiger partial charge in [-0.05, 0) is 12.1 Å². The summed E-state index contributed by atoms with van der Waals surface area (Å²) in [5.74, 6) is -0.813. The van der Waals surface area contributed by atoms with E-state index in [1.165, 1.54) is 12.1 Å². The van der Waals surface area contributed by atoms with Gasteiger partial charge in [0.1, 0.15) is 11.5 Å². The fourth-order valence-corrected chi connectivity index (χ4v) is 2.12. The summed E-state index contributed by atoms with van der Waals surface area (Å²) in [5, 5.41) is 11.4. The first-order valence-corrected chi connectivity index (χ1v) is 5.98. The number of nitrogens with zero attached hydrogens (tertiary/aromatic N) is 2. The van der Waals surface area contributed by atoms with Gasteiger partial charge in [0.15, 0.2) is 0 Å². The Balaban J connectivity index is 2.72. The third-order valence-corrected chi connectivity index (χ3v) is 3.33. The average Bonchev–Trinajstić information content (AvgIpc) is 2.34. The van der Waals surface area contributed by atoms with Crippen LogP contribution in [0.3, 0.4) is 0 Å². The van der Waals surface area contributed by atoms with Crippen molar-refractivity contribution in [3.05, 3.63) is 55.4 Å². The van der Waals surface area contributed by atoms with Gasteiger partial charge in [0, 0.05) is 5.56 Å². The second-order valence-corrected chi connectivity index (χ2v) is 4.75. The molecular weight excluding hydrogens is 317 g/mol. The van der Waals surface area contributed by atoms with E-state index in [0.29, 0.717) is 0 Å². The summed E-state index contributed by atoms with van der Waals surface area (Å²) in [4.78, 5) is 13.9. The molecule has 0 radical (unpaired) electrons. The summed E-state index contributed by atoms with van der Waals surface area (Å²) < 4.78 is 13.0. The molecule has 1 heterocycles. The maximum atomic E-state index is 13.0. The molecule has 1 aromatic heterocycles. The fourth-order valence-electron chi connectivity index (χ4n) is 1.48. The number of halogens is 4. The van der Waals surface area contributed by atoms with Crippen LogP contribution in [0.5, 0.6) is 0 Å². The maximum Gasteiger partial charge on any atom is 0.298 e. The number of pyridine rings is 1. The first kappa shape index (κ1) is 14.0. The molecule has 0 bridgehead atoms. The highest BCUT2D eigenvalue weighted by atomic mass is 35.5. The highest BCUT2D eigenvalue weighted by Gasteiger charge is 2.21. The lowest BCUT2D eigenvalue weighted by molar-refractivity contribution is -0.384. The summed E-state index contributed by atoms with van der Waals surface area (Å²) in [7, 11) is 0. The van der Waals surface area contributed by atoms with Crippen LogP contribution in [0.4, 0.5) is 10.1 Å². The summed E-state index contributed by atoms with van der Waals surface area (Å²) in [6.07, 6.45) is 0.862. The molecule has 0 aliphatic carbocycles. The van der Waals surface area contributed by atoms with Crippen molar-refractivity contribution in [2.45, 2.75) is 0 Å². The van der Waals surface area contributed by atoms with Gasteiger partial charge in [-0.25, -0.2) is 9.37 Å². The topological polar surface area (TPSA) is 56.0 Å². The Morgan fingerprint density at radius 3 is 2.37 bits per heavy atom. The van der Waals surface area contributed by atoms with E-state index >= 15 is 0 Å². The van der Waals surface area contributed by atoms with Crippen LogP contribution in [-0.4, -0.2) is 9.91 Å². The van der Waals surface area contributed by atoms with E-state index in [9.17, 15) is 14.5 Å². The lowest BCUT2D eigenvalue weighted by Crippen LogP contribution is -1.96. The first-order chi connectivity index (χ1) is 8.90. The van der Waals surface area contributed by atoms with Gasteiger partial charge in [-0.2, -0.15) is 0 Å². The van der Waals surface area contributed by atoms with Crippen LogP contribution in [0.15, 0.2) is 24.4 Å². The van der Waals surface area contributed by atoms with Gasteiger partial charge < -0.3 is 0 Å². The number of benzene rings is 1. The second-order valence-electron chi connectivity index (χ2n) is 3.52. The first-order valence-electron chi connectivity index (χ1n) is 4.85. The molecule has 0 saturated heterocycles. The largest absolute Gasteiger partial charge is 0.298 e. The highest BCUT2D eigenvalue weighted by Crippen LogP contribution is 2.37. The Bertz CT molecular complexity index is 679. The van der Waals surface area contributed by atoms with Gasteiger partial charge in [0.2, 0.25) is 0 Å². The number of hydrogen-bond donors (Lipinski definition) is 0. The predicted octanol–water partition coefficient (Wildman–Crippen LogP) is 4.76. The van der Waals surface area contributed by atoms with E-state index in [1.807, 2.05) is 0 Å². The minimum absolute atomic E-state index is 0.0741. The Kier molecular flexibility index (Phi) is 3.89. The number of aromatic nitrogens is 1. The van der Waals surface area contributed by atoms with Gasteiger partial charge in [-0.3, -0.25) is 10.1 Å². The molecule has 0 atom stereocenters. The summed E-state index contributed by atoms with van der Waals surface area (Å²) >= 11 is 17.6. The number of nitro groups is 1. The molecule has 98 valence electrons. The molecule has 2 aromatic rings. The van der Waals surface area contributed by atoms with Gasteiger partial charge in [-0.1, -0.05) is 34.8 Å². The van der Waals surface area contributed by atoms with Crippen molar-refractivity contribution < 1.29 is 9.31 Å². The van der Waals surface area contributed by atoms with E-state index in [0.717, 1.165) is 12.3 Å². The minimum Gasteiger partial charge on any atom is -0.258 e. The van der Waals surface area contributed by atoms with E-state index in [-0.39, 0.29) is 26.3 Å². The molecule has 0 unspecified atom stereocenters. The van der Waals surface area contributed by atoms with Crippen LogP contribution < -0.4 is 0 Å². The molecule has 0 fully saturated rings. The molecule has 4 nitrogen and oxygen atoms in total. The van der Waals surface area contributed by atoms with Gasteiger partial charge in [-0.15, -0.1) is 0 Å². The Morgan fingerprint density at radius 2 is 1.74 bits per heavy atom. The summed E-state index contributed by atoms with van der Waals surface area (Å²) in [6.45, 7) is 0. The van der Waals surface area contributed by atoms with Crippen LogP contribution >= 0.6 is 34.8 Å². The zero-order valence-electron chi connectivity index (χ0n) is 9.03. The normalized spacial score (nSPS) is 10.5. The Hall–Kier alpha value is -1.43. The van der Waals surface area contributed by atoms with E-state index in [2.05, 4.69) is 4.98 Å². The number of rotatable bonds is 2. The molecule has 0 amide bonds. The molecule has 2 rings (SSSR count). The Labute approximate surface area is 121 Å². The predicted molar refractivity (Wildman–Crippen MR) is 71.3 cm³/mol. The van der Waals surface area contributed by atoms with Crippen LogP contribution in [0.2, 0.25) is 15.1 Å². The van der Waals surface area contributed by atoms with Crippen molar-refractivity contribution in [3.8, 4) is 11.3 Å². The van der Waals surface area contributed by atoms with Crippen LogP contribution in [0.1, 0.15) is 0 Å². The summed E-state index contributed by atoms with van der Waals surface area (Å²) in [5.41, 5.74) is -0.363. The summed E-state index contributed by atoms with van der Waals surface area (Å²) in [6, 6.07) is 3.45. The molecule has 0 aliphatic heterocycles. The number of hydrogen-bond acceptors (Lipinski definition) is 3. The van der Waals surface area contributed by atoms with Crippen LogP contribution in [-0.2, 0) is 0 Å². The zero-order valence-corrected chi connectivity index (χ0v) is 11.3. The van der Waals surface area contributed by atoms with Crippen molar-refractivity contribution in [1.82, 2.24) is 4.98 Å². The SMILES string of the molecule is O=[N+]([O-])c1cc(F)cnc1-c1cc(Cl)c(Cl)cc1Cl. The molecule has 1 aromatic carbocycles.